The van der Waals surface area contributed by atoms with Crippen LogP contribution >= 0.6 is 11.6 Å². The van der Waals surface area contributed by atoms with Crippen molar-refractivity contribution in [3.63, 3.8) is 0 Å². The minimum Gasteiger partial charge on any atom is -0.384 e. The van der Waals surface area contributed by atoms with Crippen molar-refractivity contribution in [2.75, 3.05) is 11.4 Å². The van der Waals surface area contributed by atoms with Crippen LogP contribution in [0.5, 0.6) is 0 Å². The van der Waals surface area contributed by atoms with Crippen molar-refractivity contribution in [1.29, 1.82) is 5.41 Å². The Balaban J connectivity index is 2.33. The Morgan fingerprint density at radius 1 is 1.30 bits per heavy atom. The van der Waals surface area contributed by atoms with Gasteiger partial charge in [-0.2, -0.15) is 0 Å². The number of hydrogen-bond donors (Lipinski definition) is 2. The van der Waals surface area contributed by atoms with Crippen molar-refractivity contribution in [3.05, 3.63) is 52.9 Å². The van der Waals surface area contributed by atoms with E-state index in [4.69, 9.17) is 22.7 Å². The maximum Gasteiger partial charge on any atom is 0.148 e. The molecule has 0 bridgehead atoms. The largest absolute Gasteiger partial charge is 0.384 e. The molecule has 0 saturated carbocycles. The molecule has 0 saturated heterocycles. The first-order valence-corrected chi connectivity index (χ1v) is 6.64. The van der Waals surface area contributed by atoms with Crippen molar-refractivity contribution in [3.8, 4) is 0 Å². The molecule has 0 radical (unpaired) electrons. The zero-order valence-corrected chi connectivity index (χ0v) is 11.9. The van der Waals surface area contributed by atoms with Gasteiger partial charge in [-0.25, -0.2) is 4.98 Å². The number of pyridine rings is 2. The van der Waals surface area contributed by atoms with E-state index >= 15 is 0 Å². The third-order valence-corrected chi connectivity index (χ3v) is 3.34. The summed E-state index contributed by atoms with van der Waals surface area (Å²) in [4.78, 5) is 10.3. The third kappa shape index (κ3) is 3.05. The van der Waals surface area contributed by atoms with Gasteiger partial charge in [0.2, 0.25) is 0 Å². The molecule has 2 rings (SSSR count). The quantitative estimate of drug-likeness (QED) is 0.654. The maximum absolute atomic E-state index is 7.53. The van der Waals surface area contributed by atoms with Crippen LogP contribution in [0.3, 0.4) is 0 Å². The lowest BCUT2D eigenvalue weighted by atomic mass is 10.2. The van der Waals surface area contributed by atoms with Crippen LogP contribution in [0.25, 0.3) is 0 Å². The van der Waals surface area contributed by atoms with E-state index in [0.29, 0.717) is 22.9 Å². The van der Waals surface area contributed by atoms with Crippen molar-refractivity contribution >= 4 is 23.3 Å². The number of aromatic nitrogens is 2. The fourth-order valence-corrected chi connectivity index (χ4v) is 2.24. The highest BCUT2D eigenvalue weighted by Crippen LogP contribution is 2.27. The summed E-state index contributed by atoms with van der Waals surface area (Å²) in [5.74, 6) is 0.581. The van der Waals surface area contributed by atoms with Gasteiger partial charge in [0.15, 0.2) is 0 Å². The van der Waals surface area contributed by atoms with Gasteiger partial charge < -0.3 is 10.6 Å². The summed E-state index contributed by atoms with van der Waals surface area (Å²) in [5, 5.41) is 7.94. The summed E-state index contributed by atoms with van der Waals surface area (Å²) in [6.07, 6.45) is 5.13. The Hall–Kier alpha value is -2.14. The van der Waals surface area contributed by atoms with Gasteiger partial charge in [-0.05, 0) is 30.7 Å². The van der Waals surface area contributed by atoms with Gasteiger partial charge in [0.05, 0.1) is 5.02 Å². The molecule has 2 aromatic rings. The highest BCUT2D eigenvalue weighted by Gasteiger charge is 2.15. The van der Waals surface area contributed by atoms with Crippen molar-refractivity contribution in [2.24, 2.45) is 5.73 Å². The molecule has 5 nitrogen and oxygen atoms in total. The zero-order valence-electron chi connectivity index (χ0n) is 11.2. The Morgan fingerprint density at radius 2 is 2.00 bits per heavy atom. The van der Waals surface area contributed by atoms with Gasteiger partial charge in [0.1, 0.15) is 11.7 Å². The van der Waals surface area contributed by atoms with Crippen LogP contribution in [0, 0.1) is 5.41 Å². The van der Waals surface area contributed by atoms with Gasteiger partial charge in [0, 0.05) is 37.2 Å². The van der Waals surface area contributed by atoms with Gasteiger partial charge >= 0.3 is 0 Å². The van der Waals surface area contributed by atoms with Crippen LogP contribution in [-0.2, 0) is 6.54 Å². The van der Waals surface area contributed by atoms with Crippen molar-refractivity contribution in [2.45, 2.75) is 13.5 Å². The van der Waals surface area contributed by atoms with Gasteiger partial charge in [-0.3, -0.25) is 10.4 Å². The maximum atomic E-state index is 7.53. The van der Waals surface area contributed by atoms with E-state index in [0.717, 1.165) is 12.1 Å². The number of nitrogens with one attached hydrogen (secondary N) is 1. The number of amidine groups is 1. The molecule has 3 N–H and O–H groups in total. The lowest BCUT2D eigenvalue weighted by molar-refractivity contribution is 0.812. The van der Waals surface area contributed by atoms with Crippen LogP contribution in [0.4, 0.5) is 5.82 Å². The van der Waals surface area contributed by atoms with E-state index in [1.54, 1.807) is 24.7 Å². The summed E-state index contributed by atoms with van der Waals surface area (Å²) >= 11 is 6.31. The van der Waals surface area contributed by atoms with Crippen LogP contribution < -0.4 is 10.6 Å². The number of nitrogens with zero attached hydrogens (tertiary/aromatic N) is 3. The number of halogens is 1. The van der Waals surface area contributed by atoms with E-state index in [1.165, 1.54) is 0 Å². The van der Waals surface area contributed by atoms with Gasteiger partial charge in [-0.1, -0.05) is 11.6 Å². The molecule has 0 spiro atoms. The summed E-state index contributed by atoms with van der Waals surface area (Å²) in [7, 11) is 0. The van der Waals surface area contributed by atoms with Gasteiger partial charge in [-0.15, -0.1) is 0 Å². The van der Waals surface area contributed by atoms with Crippen molar-refractivity contribution in [1.82, 2.24) is 9.97 Å². The van der Waals surface area contributed by atoms with Crippen molar-refractivity contribution < 1.29 is 0 Å². The Labute approximate surface area is 122 Å². The zero-order chi connectivity index (χ0) is 14.5. The average molecular weight is 290 g/mol. The fraction of sp³-hybridized carbons (Fsp3) is 0.214. The number of nitrogens with two attached hydrogens (primary N) is 1. The molecule has 0 aromatic carbocycles. The Kier molecular flexibility index (Phi) is 4.53. The molecule has 0 atom stereocenters. The minimum absolute atomic E-state index is 0.0568. The molecule has 0 aliphatic rings. The summed E-state index contributed by atoms with van der Waals surface area (Å²) < 4.78 is 0. The van der Waals surface area contributed by atoms with Crippen LogP contribution in [-0.4, -0.2) is 22.3 Å². The molecule has 2 heterocycles. The highest BCUT2D eigenvalue weighted by molar-refractivity contribution is 6.36. The first-order valence-electron chi connectivity index (χ1n) is 6.26. The minimum atomic E-state index is -0.0568. The first-order chi connectivity index (χ1) is 9.63. The highest BCUT2D eigenvalue weighted by atomic mass is 35.5. The Bertz CT molecular complexity index is 600. The lowest BCUT2D eigenvalue weighted by Crippen LogP contribution is -2.24. The van der Waals surface area contributed by atoms with Crippen LogP contribution in [0.15, 0.2) is 36.8 Å². The number of nitrogen functional groups attached to an aromatic ring is 1. The molecule has 0 fully saturated rings. The molecule has 104 valence electrons. The molecule has 0 unspecified atom stereocenters. The predicted octanol–water partition coefficient (Wildman–Crippen LogP) is 2.44. The normalized spacial score (nSPS) is 10.3. The van der Waals surface area contributed by atoms with E-state index in [9.17, 15) is 0 Å². The van der Waals surface area contributed by atoms with Crippen LogP contribution in [0.1, 0.15) is 18.1 Å². The fourth-order valence-electron chi connectivity index (χ4n) is 1.91. The molecule has 0 aliphatic heterocycles. The monoisotopic (exact) mass is 289 g/mol. The second-order valence-electron chi connectivity index (χ2n) is 4.28. The molecule has 20 heavy (non-hydrogen) atoms. The summed E-state index contributed by atoms with van der Waals surface area (Å²) in [5.41, 5.74) is 7.14. The first kappa shape index (κ1) is 14.3. The van der Waals surface area contributed by atoms with Gasteiger partial charge in [0.25, 0.3) is 0 Å². The van der Waals surface area contributed by atoms with E-state index in [-0.39, 0.29) is 5.84 Å². The second-order valence-corrected chi connectivity index (χ2v) is 4.66. The average Bonchev–Trinajstić information content (AvgIpc) is 2.46. The van der Waals surface area contributed by atoms with Crippen LogP contribution in [0.2, 0.25) is 5.02 Å². The standard InChI is InChI=1S/C14H16ClN5/c1-2-20(9-10-3-6-18-7-4-10)14-12(15)11(13(16)17)5-8-19-14/h3-8H,2,9H2,1H3,(H3,16,17). The Morgan fingerprint density at radius 3 is 2.60 bits per heavy atom. The predicted molar refractivity (Wildman–Crippen MR) is 81.2 cm³/mol. The SMILES string of the molecule is CCN(Cc1ccncc1)c1nccc(C(=N)N)c1Cl. The lowest BCUT2D eigenvalue weighted by Gasteiger charge is -2.23. The number of hydrogen-bond acceptors (Lipinski definition) is 4. The third-order valence-electron chi connectivity index (χ3n) is 2.97. The van der Waals surface area contributed by atoms with E-state index in [2.05, 4.69) is 9.97 Å². The topological polar surface area (TPSA) is 78.9 Å². The molecule has 2 aromatic heterocycles. The summed E-state index contributed by atoms with van der Waals surface area (Å²) in [6.45, 7) is 3.45. The van der Waals surface area contributed by atoms with E-state index in [1.807, 2.05) is 24.0 Å². The molecule has 0 amide bonds. The molecule has 0 aliphatic carbocycles. The smallest absolute Gasteiger partial charge is 0.148 e. The number of anilines is 1. The van der Waals surface area contributed by atoms with E-state index < -0.39 is 0 Å². The molecular formula is C14H16ClN5. The molecular weight excluding hydrogens is 274 g/mol. The number of rotatable bonds is 5. The second kappa shape index (κ2) is 6.34. The summed E-state index contributed by atoms with van der Waals surface area (Å²) in [6, 6.07) is 5.55. The molecule has 6 heteroatoms.